The molecule has 0 unspecified atom stereocenters. The topological polar surface area (TPSA) is 61.4 Å². The summed E-state index contributed by atoms with van der Waals surface area (Å²) < 4.78 is 39.1. The number of nitrogens with one attached hydrogen (secondary N) is 1. The number of hydrogen-bond acceptors (Lipinski definition) is 6. The zero-order valence-corrected chi connectivity index (χ0v) is 19.7. The van der Waals surface area contributed by atoms with Gasteiger partial charge in [0.25, 0.3) is 5.91 Å². The Kier molecular flexibility index (Phi) is 6.06. The molecule has 0 radical (unpaired) electrons. The van der Waals surface area contributed by atoms with Crippen molar-refractivity contribution in [2.75, 3.05) is 41.3 Å². The number of aryl methyl sites for hydroxylation is 1. The summed E-state index contributed by atoms with van der Waals surface area (Å²) in [6, 6.07) is 14.8. The third kappa shape index (κ3) is 4.66. The molecular formula is C25H22F3N5OS. The molecular weight excluding hydrogens is 475 g/mol. The van der Waals surface area contributed by atoms with E-state index in [0.29, 0.717) is 9.71 Å². The Morgan fingerprint density at radius 2 is 1.69 bits per heavy atom. The number of anilines is 3. The van der Waals surface area contributed by atoms with E-state index in [9.17, 15) is 18.0 Å². The molecule has 1 saturated heterocycles. The Balaban J connectivity index is 1.38. The van der Waals surface area contributed by atoms with Gasteiger partial charge in [0.15, 0.2) is 0 Å². The summed E-state index contributed by atoms with van der Waals surface area (Å²) in [5.74, 6) is 0.305. The Bertz CT molecular complexity index is 1360. The molecule has 1 amide bonds. The highest BCUT2D eigenvalue weighted by atomic mass is 32.1. The molecule has 4 aromatic rings. The molecule has 2 aromatic carbocycles. The van der Waals surface area contributed by atoms with Gasteiger partial charge in [-0.2, -0.15) is 13.2 Å². The molecule has 35 heavy (non-hydrogen) atoms. The van der Waals surface area contributed by atoms with Crippen LogP contribution in [-0.4, -0.2) is 42.1 Å². The first-order valence-electron chi connectivity index (χ1n) is 11.1. The van der Waals surface area contributed by atoms with Gasteiger partial charge >= 0.3 is 6.18 Å². The van der Waals surface area contributed by atoms with Crippen LogP contribution in [0.1, 0.15) is 20.8 Å². The van der Waals surface area contributed by atoms with Gasteiger partial charge < -0.3 is 15.1 Å². The van der Waals surface area contributed by atoms with Crippen molar-refractivity contribution in [1.82, 2.24) is 9.97 Å². The van der Waals surface area contributed by atoms with Gasteiger partial charge in [-0.3, -0.25) is 4.79 Å². The number of nitrogens with zero attached hydrogens (tertiary/aromatic N) is 4. The summed E-state index contributed by atoms with van der Waals surface area (Å²) in [5.41, 5.74) is 1.17. The predicted octanol–water partition coefficient (Wildman–Crippen LogP) is 5.60. The summed E-state index contributed by atoms with van der Waals surface area (Å²) in [6.45, 7) is 5.03. The van der Waals surface area contributed by atoms with Crippen LogP contribution < -0.4 is 15.1 Å². The fourth-order valence-corrected chi connectivity index (χ4v) is 5.32. The molecule has 1 aliphatic heterocycles. The van der Waals surface area contributed by atoms with E-state index in [1.807, 2.05) is 25.1 Å². The second kappa shape index (κ2) is 9.18. The lowest BCUT2D eigenvalue weighted by Gasteiger charge is -2.37. The average molecular weight is 498 g/mol. The highest BCUT2D eigenvalue weighted by Crippen LogP contribution is 2.36. The van der Waals surface area contributed by atoms with Crippen LogP contribution in [0.2, 0.25) is 0 Å². The minimum absolute atomic E-state index is 0.0880. The molecule has 0 atom stereocenters. The number of halogens is 3. The van der Waals surface area contributed by atoms with Crippen LogP contribution in [0.3, 0.4) is 0 Å². The SMILES string of the molecule is Cc1c(C(=O)Nc2cccc(C(F)(F)F)c2)sc2ncnc(N3CCN(c4ccccc4)CC3)c12. The van der Waals surface area contributed by atoms with E-state index >= 15 is 0 Å². The molecule has 5 rings (SSSR count). The van der Waals surface area contributed by atoms with Gasteiger partial charge in [0.1, 0.15) is 17.0 Å². The van der Waals surface area contributed by atoms with Crippen molar-refractivity contribution in [3.63, 3.8) is 0 Å². The number of piperazine rings is 1. The van der Waals surface area contributed by atoms with Crippen LogP contribution in [0, 0.1) is 6.92 Å². The molecule has 0 bridgehead atoms. The first-order chi connectivity index (χ1) is 16.8. The summed E-state index contributed by atoms with van der Waals surface area (Å²) in [7, 11) is 0. The maximum atomic E-state index is 13.0. The van der Waals surface area contributed by atoms with E-state index < -0.39 is 17.6 Å². The van der Waals surface area contributed by atoms with Gasteiger partial charge in [-0.15, -0.1) is 11.3 Å². The average Bonchev–Trinajstić information content (AvgIpc) is 3.21. The van der Waals surface area contributed by atoms with Gasteiger partial charge in [-0.25, -0.2) is 9.97 Å². The molecule has 1 fully saturated rings. The highest BCUT2D eigenvalue weighted by Gasteiger charge is 2.31. The number of benzene rings is 2. The standard InChI is InChI=1S/C25H22F3N5OS/c1-16-20-22(33-12-10-32(11-13-33)19-8-3-2-4-9-19)29-15-30-24(20)35-21(16)23(34)31-18-7-5-6-17(14-18)25(26,27)28/h2-9,14-15H,10-13H2,1H3,(H,31,34). The van der Waals surface area contributed by atoms with Gasteiger partial charge in [0, 0.05) is 37.6 Å². The van der Waals surface area contributed by atoms with E-state index in [4.69, 9.17) is 0 Å². The number of para-hydroxylation sites is 1. The van der Waals surface area contributed by atoms with Crippen molar-refractivity contribution < 1.29 is 18.0 Å². The lowest BCUT2D eigenvalue weighted by Crippen LogP contribution is -2.46. The normalized spacial score (nSPS) is 14.4. The third-order valence-electron chi connectivity index (χ3n) is 6.06. The number of amides is 1. The fraction of sp³-hybridized carbons (Fsp3) is 0.240. The minimum atomic E-state index is -4.48. The minimum Gasteiger partial charge on any atom is -0.368 e. The Labute approximate surface area is 204 Å². The zero-order chi connectivity index (χ0) is 24.6. The smallest absolute Gasteiger partial charge is 0.368 e. The Hall–Kier alpha value is -3.66. The van der Waals surface area contributed by atoms with Crippen molar-refractivity contribution >= 4 is 44.7 Å². The van der Waals surface area contributed by atoms with Crippen LogP contribution in [0.5, 0.6) is 0 Å². The summed E-state index contributed by atoms with van der Waals surface area (Å²) in [4.78, 5) is 27.5. The van der Waals surface area contributed by atoms with E-state index in [2.05, 4.69) is 37.2 Å². The Morgan fingerprint density at radius 3 is 2.40 bits per heavy atom. The summed E-state index contributed by atoms with van der Waals surface area (Å²) in [6.07, 6.45) is -2.99. The van der Waals surface area contributed by atoms with E-state index in [-0.39, 0.29) is 5.69 Å². The van der Waals surface area contributed by atoms with Crippen LogP contribution in [0.15, 0.2) is 60.9 Å². The molecule has 3 heterocycles. The number of alkyl halides is 3. The van der Waals surface area contributed by atoms with Crippen LogP contribution in [-0.2, 0) is 6.18 Å². The predicted molar refractivity (Wildman–Crippen MR) is 132 cm³/mol. The third-order valence-corrected chi connectivity index (χ3v) is 7.26. The number of hydrogen-bond donors (Lipinski definition) is 1. The lowest BCUT2D eigenvalue weighted by atomic mass is 10.1. The molecule has 0 saturated carbocycles. The number of fused-ring (bicyclic) bond motifs is 1. The first kappa shape index (κ1) is 23.1. The van der Waals surface area contributed by atoms with Crippen molar-refractivity contribution in [3.8, 4) is 0 Å². The number of rotatable bonds is 4. The van der Waals surface area contributed by atoms with Gasteiger partial charge in [0.2, 0.25) is 0 Å². The molecule has 1 N–H and O–H groups in total. The lowest BCUT2D eigenvalue weighted by molar-refractivity contribution is -0.137. The van der Waals surface area contributed by atoms with Crippen LogP contribution in [0.25, 0.3) is 10.2 Å². The monoisotopic (exact) mass is 497 g/mol. The second-order valence-electron chi connectivity index (χ2n) is 8.28. The molecule has 1 aliphatic rings. The fourth-order valence-electron chi connectivity index (χ4n) is 4.29. The first-order valence-corrected chi connectivity index (χ1v) is 11.9. The Morgan fingerprint density at radius 1 is 0.971 bits per heavy atom. The number of aromatic nitrogens is 2. The molecule has 0 spiro atoms. The molecule has 180 valence electrons. The molecule has 10 heteroatoms. The number of carbonyl (C=O) groups is 1. The maximum absolute atomic E-state index is 13.0. The van der Waals surface area contributed by atoms with E-state index in [1.165, 1.54) is 35.5 Å². The molecule has 2 aromatic heterocycles. The van der Waals surface area contributed by atoms with E-state index in [1.54, 1.807) is 0 Å². The molecule has 0 aliphatic carbocycles. The molecule has 6 nitrogen and oxygen atoms in total. The van der Waals surface area contributed by atoms with Crippen molar-refractivity contribution in [1.29, 1.82) is 0 Å². The summed E-state index contributed by atoms with van der Waals surface area (Å²) >= 11 is 1.21. The van der Waals surface area contributed by atoms with E-state index in [0.717, 1.165) is 55.1 Å². The maximum Gasteiger partial charge on any atom is 0.416 e. The quantitative estimate of drug-likeness (QED) is 0.398. The highest BCUT2D eigenvalue weighted by molar-refractivity contribution is 7.20. The van der Waals surface area contributed by atoms with Gasteiger partial charge in [-0.1, -0.05) is 24.3 Å². The largest absolute Gasteiger partial charge is 0.416 e. The van der Waals surface area contributed by atoms with Crippen molar-refractivity contribution in [2.45, 2.75) is 13.1 Å². The summed E-state index contributed by atoms with van der Waals surface area (Å²) in [5, 5.41) is 3.40. The van der Waals surface area contributed by atoms with Gasteiger partial charge in [-0.05, 0) is 42.8 Å². The van der Waals surface area contributed by atoms with Gasteiger partial charge in [0.05, 0.1) is 15.8 Å². The van der Waals surface area contributed by atoms with Crippen molar-refractivity contribution in [3.05, 3.63) is 76.9 Å². The second-order valence-corrected chi connectivity index (χ2v) is 9.28. The van der Waals surface area contributed by atoms with Crippen LogP contribution >= 0.6 is 11.3 Å². The van der Waals surface area contributed by atoms with Crippen molar-refractivity contribution in [2.24, 2.45) is 0 Å². The zero-order valence-electron chi connectivity index (χ0n) is 18.8. The number of carbonyl (C=O) groups excluding carboxylic acids is 1. The number of thiophene rings is 1. The van der Waals surface area contributed by atoms with Crippen LogP contribution in [0.4, 0.5) is 30.4 Å².